The van der Waals surface area contributed by atoms with E-state index in [9.17, 15) is 14.7 Å². The van der Waals surface area contributed by atoms with E-state index in [0.29, 0.717) is 32.0 Å². The van der Waals surface area contributed by atoms with Gasteiger partial charge in [-0.3, -0.25) is 9.78 Å². The summed E-state index contributed by atoms with van der Waals surface area (Å²) in [5, 5.41) is 15.2. The van der Waals surface area contributed by atoms with Crippen molar-refractivity contribution in [2.45, 2.75) is 13.2 Å². The Hall–Kier alpha value is -3.42. The van der Waals surface area contributed by atoms with Crippen molar-refractivity contribution in [3.05, 3.63) is 93.6 Å². The Balaban J connectivity index is 1.76. The van der Waals surface area contributed by atoms with Crippen molar-refractivity contribution in [3.8, 4) is 5.75 Å². The monoisotopic (exact) mass is 452 g/mol. The molecule has 2 aromatic carbocycles. The summed E-state index contributed by atoms with van der Waals surface area (Å²) in [7, 11) is 0. The molecule has 156 valence electrons. The number of aromatic nitrogens is 1. The molecule has 1 amide bonds. The summed E-state index contributed by atoms with van der Waals surface area (Å²) in [5.74, 6) is -0.839. The Bertz CT molecular complexity index is 1290. The van der Waals surface area contributed by atoms with Crippen LogP contribution in [-0.2, 0) is 0 Å². The Morgan fingerprint density at radius 2 is 1.97 bits per heavy atom. The van der Waals surface area contributed by atoms with Crippen LogP contribution in [0.1, 0.15) is 38.1 Å². The van der Waals surface area contributed by atoms with Crippen LogP contribution in [0.3, 0.4) is 0 Å². The molecule has 0 aliphatic carbocycles. The number of rotatable bonds is 6. The van der Waals surface area contributed by atoms with E-state index < -0.39 is 12.2 Å². The minimum Gasteiger partial charge on any atom is -0.478 e. The molecule has 0 saturated heterocycles. The lowest BCUT2D eigenvalue weighted by molar-refractivity contribution is 0.0698. The van der Waals surface area contributed by atoms with Crippen LogP contribution >= 0.6 is 22.9 Å². The summed E-state index contributed by atoms with van der Waals surface area (Å²) < 4.78 is 6.75. The number of nitrogens with zero attached hydrogens (tertiary/aromatic N) is 1. The third-order valence-corrected chi connectivity index (χ3v) is 5.99. The largest absolute Gasteiger partial charge is 0.478 e. The number of fused-ring (bicyclic) bond motifs is 1. The fraction of sp³-hybridized carbons (Fsp3) is 0.0870. The van der Waals surface area contributed by atoms with Gasteiger partial charge in [-0.2, -0.15) is 0 Å². The van der Waals surface area contributed by atoms with Gasteiger partial charge < -0.3 is 15.2 Å². The van der Waals surface area contributed by atoms with Gasteiger partial charge in [-0.25, -0.2) is 4.79 Å². The van der Waals surface area contributed by atoms with Gasteiger partial charge in [-0.05, 0) is 36.8 Å². The summed E-state index contributed by atoms with van der Waals surface area (Å²) in [6.45, 7) is 1.90. The standard InChI is InChI=1S/C23H17ClN2O4S/c1-13-5-2-3-8-19(13)30-22(26-21(27)14-6-4-7-15(24)9-14)18-12-31-20-16(18)10-25-11-17(20)23(28)29/h2-12,22H,1H3,(H,26,27)(H,28,29)/t22-/m0/s1. The highest BCUT2D eigenvalue weighted by molar-refractivity contribution is 7.17. The molecule has 4 rings (SSSR count). The predicted octanol–water partition coefficient (Wildman–Crippen LogP) is 5.46. The lowest BCUT2D eigenvalue weighted by atomic mass is 10.1. The highest BCUT2D eigenvalue weighted by Crippen LogP contribution is 2.34. The fourth-order valence-corrected chi connectivity index (χ4v) is 4.39. The first-order valence-corrected chi connectivity index (χ1v) is 10.6. The van der Waals surface area contributed by atoms with Gasteiger partial charge in [0.15, 0.2) is 6.23 Å². The minimum atomic E-state index is -1.06. The molecule has 0 aliphatic heterocycles. The first kappa shape index (κ1) is 20.8. The number of carbonyl (C=O) groups excluding carboxylic acids is 1. The van der Waals surface area contributed by atoms with Gasteiger partial charge in [-0.1, -0.05) is 35.9 Å². The maximum atomic E-state index is 12.9. The van der Waals surface area contributed by atoms with E-state index >= 15 is 0 Å². The Kier molecular flexibility index (Phi) is 5.88. The summed E-state index contributed by atoms with van der Waals surface area (Å²) >= 11 is 7.29. The number of halogens is 1. The zero-order valence-electron chi connectivity index (χ0n) is 16.3. The van der Waals surface area contributed by atoms with Crippen molar-refractivity contribution < 1.29 is 19.4 Å². The second kappa shape index (κ2) is 8.75. The Labute approximate surface area is 187 Å². The molecule has 31 heavy (non-hydrogen) atoms. The Morgan fingerprint density at radius 1 is 1.16 bits per heavy atom. The molecule has 2 aromatic heterocycles. The number of benzene rings is 2. The van der Waals surface area contributed by atoms with Gasteiger partial charge in [-0.15, -0.1) is 11.3 Å². The van der Waals surface area contributed by atoms with Gasteiger partial charge in [0.05, 0.1) is 10.3 Å². The quantitative estimate of drug-likeness (QED) is 0.379. The van der Waals surface area contributed by atoms with E-state index in [4.69, 9.17) is 16.3 Å². The summed E-state index contributed by atoms with van der Waals surface area (Å²) in [6.07, 6.45) is 2.02. The van der Waals surface area contributed by atoms with E-state index in [1.165, 1.54) is 17.5 Å². The van der Waals surface area contributed by atoms with Gasteiger partial charge in [0.25, 0.3) is 5.91 Å². The SMILES string of the molecule is Cc1ccccc1O[C@H](NC(=O)c1cccc(Cl)c1)c1csc2c(C(=O)O)cncc12. The average Bonchev–Trinajstić information content (AvgIpc) is 3.18. The molecule has 0 fully saturated rings. The van der Waals surface area contributed by atoms with E-state index in [-0.39, 0.29) is 11.5 Å². The molecule has 1 atom stereocenters. The Morgan fingerprint density at radius 3 is 2.71 bits per heavy atom. The van der Waals surface area contributed by atoms with Crippen LogP contribution in [0.5, 0.6) is 5.75 Å². The van der Waals surface area contributed by atoms with Crippen molar-refractivity contribution in [3.63, 3.8) is 0 Å². The molecular formula is C23H17ClN2O4S. The summed E-state index contributed by atoms with van der Waals surface area (Å²) in [6, 6.07) is 14.0. The smallest absolute Gasteiger partial charge is 0.338 e. The number of aromatic carboxylic acids is 1. The van der Waals surface area contributed by atoms with Gasteiger partial charge in [0.2, 0.25) is 0 Å². The molecule has 2 N–H and O–H groups in total. The lowest BCUT2D eigenvalue weighted by Crippen LogP contribution is -2.32. The number of hydrogen-bond donors (Lipinski definition) is 2. The number of pyridine rings is 1. The number of nitrogens with one attached hydrogen (secondary N) is 1. The molecule has 0 spiro atoms. The van der Waals surface area contributed by atoms with E-state index in [2.05, 4.69) is 10.3 Å². The number of hydrogen-bond acceptors (Lipinski definition) is 5. The third-order valence-electron chi connectivity index (χ3n) is 4.71. The molecule has 0 aliphatic rings. The molecule has 0 saturated carbocycles. The van der Waals surface area contributed by atoms with Crippen molar-refractivity contribution in [1.29, 1.82) is 0 Å². The number of carboxylic acids is 1. The lowest BCUT2D eigenvalue weighted by Gasteiger charge is -2.21. The molecular weight excluding hydrogens is 436 g/mol. The maximum Gasteiger partial charge on any atom is 0.338 e. The molecule has 0 radical (unpaired) electrons. The molecule has 0 bridgehead atoms. The average molecular weight is 453 g/mol. The number of thiophene rings is 1. The zero-order valence-corrected chi connectivity index (χ0v) is 17.9. The van der Waals surface area contributed by atoms with Crippen molar-refractivity contribution in [1.82, 2.24) is 10.3 Å². The zero-order chi connectivity index (χ0) is 22.0. The molecule has 0 unspecified atom stereocenters. The predicted molar refractivity (Wildman–Crippen MR) is 120 cm³/mol. The molecule has 2 heterocycles. The first-order valence-electron chi connectivity index (χ1n) is 9.31. The number of carbonyl (C=O) groups is 2. The molecule has 4 aromatic rings. The number of carboxylic acid groups (broad SMARTS) is 1. The highest BCUT2D eigenvalue weighted by Gasteiger charge is 2.24. The normalized spacial score (nSPS) is 11.8. The fourth-order valence-electron chi connectivity index (χ4n) is 3.14. The number of aryl methyl sites for hydroxylation is 1. The van der Waals surface area contributed by atoms with Crippen LogP contribution < -0.4 is 10.1 Å². The first-order chi connectivity index (χ1) is 14.9. The van der Waals surface area contributed by atoms with Crippen molar-refractivity contribution in [2.24, 2.45) is 0 Å². The van der Waals surface area contributed by atoms with Crippen LogP contribution in [-0.4, -0.2) is 22.0 Å². The molecule has 6 nitrogen and oxygen atoms in total. The third kappa shape index (κ3) is 4.38. The van der Waals surface area contributed by atoms with Crippen LogP contribution in [0, 0.1) is 6.92 Å². The molecule has 8 heteroatoms. The van der Waals surface area contributed by atoms with Crippen LogP contribution in [0.4, 0.5) is 0 Å². The topological polar surface area (TPSA) is 88.5 Å². The van der Waals surface area contributed by atoms with Gasteiger partial charge in [0.1, 0.15) is 5.75 Å². The second-order valence-corrected chi connectivity index (χ2v) is 8.12. The van der Waals surface area contributed by atoms with Crippen LogP contribution in [0.15, 0.2) is 66.3 Å². The van der Waals surface area contributed by atoms with Crippen LogP contribution in [0.2, 0.25) is 5.02 Å². The number of para-hydroxylation sites is 1. The second-order valence-electron chi connectivity index (χ2n) is 6.81. The van der Waals surface area contributed by atoms with E-state index in [1.54, 1.807) is 35.8 Å². The van der Waals surface area contributed by atoms with Gasteiger partial charge in [0, 0.05) is 39.3 Å². The van der Waals surface area contributed by atoms with Crippen molar-refractivity contribution >= 4 is 44.9 Å². The summed E-state index contributed by atoms with van der Waals surface area (Å²) in [4.78, 5) is 28.6. The van der Waals surface area contributed by atoms with E-state index in [1.807, 2.05) is 31.2 Å². The van der Waals surface area contributed by atoms with Crippen LogP contribution in [0.25, 0.3) is 10.1 Å². The number of amides is 1. The maximum absolute atomic E-state index is 12.9. The highest BCUT2D eigenvalue weighted by atomic mass is 35.5. The number of ether oxygens (including phenoxy) is 1. The summed E-state index contributed by atoms with van der Waals surface area (Å²) in [5.41, 5.74) is 2.00. The van der Waals surface area contributed by atoms with Crippen molar-refractivity contribution in [2.75, 3.05) is 0 Å². The minimum absolute atomic E-state index is 0.101. The van der Waals surface area contributed by atoms with E-state index in [0.717, 1.165) is 5.56 Å². The van der Waals surface area contributed by atoms with Gasteiger partial charge >= 0.3 is 5.97 Å².